The number of thioether (sulfide) groups is 1. The van der Waals surface area contributed by atoms with Crippen molar-refractivity contribution in [2.45, 2.75) is 25.4 Å². The van der Waals surface area contributed by atoms with Crippen molar-refractivity contribution in [2.75, 3.05) is 16.4 Å². The molecule has 2 aromatic rings. The van der Waals surface area contributed by atoms with E-state index in [2.05, 4.69) is 20.6 Å². The van der Waals surface area contributed by atoms with E-state index in [0.29, 0.717) is 10.0 Å². The number of carbonyl (C=O) groups is 2. The molecule has 0 bridgehead atoms. The van der Waals surface area contributed by atoms with Gasteiger partial charge in [0.2, 0.25) is 5.91 Å². The third kappa shape index (κ3) is 4.67. The molecule has 23 heavy (non-hydrogen) atoms. The van der Waals surface area contributed by atoms with Gasteiger partial charge in [-0.2, -0.15) is 0 Å². The molecule has 0 aliphatic heterocycles. The van der Waals surface area contributed by atoms with Crippen LogP contribution < -0.4 is 16.2 Å². The first-order valence-corrected chi connectivity index (χ1v) is 8.77. The molecular formula is C14H16N4O3S2. The number of aromatic amines is 1. The van der Waals surface area contributed by atoms with Crippen molar-refractivity contribution in [3.63, 3.8) is 0 Å². The van der Waals surface area contributed by atoms with Gasteiger partial charge in [-0.1, -0.05) is 24.8 Å². The number of anilines is 2. The summed E-state index contributed by atoms with van der Waals surface area (Å²) in [6.45, 7) is 3.32. The maximum atomic E-state index is 12.2. The third-order valence-corrected chi connectivity index (χ3v) is 4.57. The van der Waals surface area contributed by atoms with Crippen molar-refractivity contribution < 1.29 is 9.59 Å². The van der Waals surface area contributed by atoms with E-state index in [1.165, 1.54) is 30.0 Å². The molecular weight excluding hydrogens is 336 g/mol. The first-order chi connectivity index (χ1) is 11.0. The number of rotatable bonds is 6. The van der Waals surface area contributed by atoms with Crippen LogP contribution in [0.25, 0.3) is 0 Å². The van der Waals surface area contributed by atoms with Crippen LogP contribution in [0.1, 0.15) is 29.9 Å². The average Bonchev–Trinajstić information content (AvgIpc) is 3.02. The number of nitrogens with zero attached hydrogens (tertiary/aromatic N) is 1. The maximum Gasteiger partial charge on any atom is 0.277 e. The second-order valence-corrected chi connectivity index (χ2v) is 6.59. The lowest BCUT2D eigenvalue weighted by Crippen LogP contribution is -2.24. The fourth-order valence-electron chi connectivity index (χ4n) is 1.68. The van der Waals surface area contributed by atoms with Gasteiger partial charge in [-0.15, -0.1) is 11.3 Å². The fraction of sp³-hybridized carbons (Fsp3) is 0.286. The molecule has 2 heterocycles. The van der Waals surface area contributed by atoms with Gasteiger partial charge in [0, 0.05) is 12.7 Å². The summed E-state index contributed by atoms with van der Waals surface area (Å²) in [5, 5.41) is 7.16. The molecule has 0 aromatic carbocycles. The Kier molecular flexibility index (Phi) is 5.94. The predicted octanol–water partition coefficient (Wildman–Crippen LogP) is 2.54. The normalized spacial score (nSPS) is 10.3. The Balaban J connectivity index is 2.34. The lowest BCUT2D eigenvalue weighted by Gasteiger charge is -2.10. The molecule has 2 rings (SSSR count). The minimum absolute atomic E-state index is 0.0461. The molecule has 2 amide bonds. The smallest absolute Gasteiger partial charge is 0.277 e. The van der Waals surface area contributed by atoms with Crippen LogP contribution >= 0.6 is 23.1 Å². The number of carbonyl (C=O) groups excluding carboxylic acids is 2. The molecule has 122 valence electrons. The largest absolute Gasteiger partial charge is 0.314 e. The second kappa shape index (κ2) is 7.93. The fourth-order valence-corrected chi connectivity index (χ4v) is 3.01. The minimum atomic E-state index is -0.507. The van der Waals surface area contributed by atoms with Gasteiger partial charge in [-0.25, -0.2) is 4.98 Å². The topological polar surface area (TPSA) is 104 Å². The Morgan fingerprint density at radius 3 is 2.78 bits per heavy atom. The Hall–Kier alpha value is -2.13. The zero-order valence-corrected chi connectivity index (χ0v) is 14.3. The van der Waals surface area contributed by atoms with Crippen LogP contribution in [0.4, 0.5) is 11.5 Å². The molecule has 0 saturated heterocycles. The molecule has 3 N–H and O–H groups in total. The second-order valence-electron chi connectivity index (χ2n) is 4.56. The molecule has 0 radical (unpaired) electrons. The average molecular weight is 352 g/mol. The monoisotopic (exact) mass is 352 g/mol. The van der Waals surface area contributed by atoms with Crippen molar-refractivity contribution >= 4 is 46.4 Å². The molecule has 0 aliphatic carbocycles. The van der Waals surface area contributed by atoms with E-state index in [0.717, 1.165) is 12.2 Å². The lowest BCUT2D eigenvalue weighted by molar-refractivity contribution is -0.114. The summed E-state index contributed by atoms with van der Waals surface area (Å²) in [6.07, 6.45) is 0.917. The van der Waals surface area contributed by atoms with Crippen LogP contribution in [0.15, 0.2) is 27.5 Å². The van der Waals surface area contributed by atoms with Crippen molar-refractivity contribution in [3.8, 4) is 0 Å². The van der Waals surface area contributed by atoms with E-state index in [-0.39, 0.29) is 17.4 Å². The zero-order chi connectivity index (χ0) is 16.8. The molecule has 0 atom stereocenters. The van der Waals surface area contributed by atoms with Gasteiger partial charge in [-0.3, -0.25) is 19.4 Å². The summed E-state index contributed by atoms with van der Waals surface area (Å²) >= 11 is 2.63. The molecule has 0 unspecified atom stereocenters. The maximum absolute atomic E-state index is 12.2. The van der Waals surface area contributed by atoms with Crippen LogP contribution in [0.5, 0.6) is 0 Å². The number of hydrogen-bond donors (Lipinski definition) is 3. The van der Waals surface area contributed by atoms with Crippen LogP contribution in [-0.4, -0.2) is 27.5 Å². The highest BCUT2D eigenvalue weighted by Crippen LogP contribution is 2.21. The van der Waals surface area contributed by atoms with E-state index in [4.69, 9.17) is 0 Å². The molecule has 2 aromatic heterocycles. The van der Waals surface area contributed by atoms with E-state index in [1.54, 1.807) is 17.5 Å². The summed E-state index contributed by atoms with van der Waals surface area (Å²) in [4.78, 5) is 43.0. The van der Waals surface area contributed by atoms with Crippen molar-refractivity contribution in [1.29, 1.82) is 0 Å². The molecule has 0 fully saturated rings. The van der Waals surface area contributed by atoms with Gasteiger partial charge >= 0.3 is 0 Å². The summed E-state index contributed by atoms with van der Waals surface area (Å²) < 4.78 is 0. The highest BCUT2D eigenvalue weighted by atomic mass is 32.2. The minimum Gasteiger partial charge on any atom is -0.314 e. The third-order valence-electron chi connectivity index (χ3n) is 2.62. The first-order valence-electron chi connectivity index (χ1n) is 6.90. The Morgan fingerprint density at radius 2 is 2.17 bits per heavy atom. The summed E-state index contributed by atoms with van der Waals surface area (Å²) in [5.41, 5.74) is -0.577. The number of amides is 2. The lowest BCUT2D eigenvalue weighted by atomic mass is 10.4. The number of aromatic nitrogens is 2. The van der Waals surface area contributed by atoms with Crippen LogP contribution in [-0.2, 0) is 4.79 Å². The van der Waals surface area contributed by atoms with Crippen molar-refractivity contribution in [2.24, 2.45) is 0 Å². The van der Waals surface area contributed by atoms with E-state index >= 15 is 0 Å². The highest BCUT2D eigenvalue weighted by Gasteiger charge is 2.17. The first kappa shape index (κ1) is 17.2. The SMILES string of the molecule is CCCSc1nc(NC(C)=O)c(NC(=O)c2cccs2)c(=O)[nH]1. The van der Waals surface area contributed by atoms with E-state index < -0.39 is 11.5 Å². The Morgan fingerprint density at radius 1 is 1.39 bits per heavy atom. The number of hydrogen-bond acceptors (Lipinski definition) is 6. The van der Waals surface area contributed by atoms with Crippen LogP contribution in [0.2, 0.25) is 0 Å². The van der Waals surface area contributed by atoms with Gasteiger partial charge in [-0.05, 0) is 17.9 Å². The van der Waals surface area contributed by atoms with Gasteiger partial charge in [0.15, 0.2) is 16.7 Å². The summed E-state index contributed by atoms with van der Waals surface area (Å²) in [7, 11) is 0. The summed E-state index contributed by atoms with van der Waals surface area (Å²) in [5.74, 6) is 0.0300. The predicted molar refractivity (Wildman–Crippen MR) is 92.4 cm³/mol. The van der Waals surface area contributed by atoms with E-state index in [1.807, 2.05) is 6.92 Å². The van der Waals surface area contributed by atoms with Gasteiger partial charge < -0.3 is 10.6 Å². The zero-order valence-electron chi connectivity index (χ0n) is 12.6. The Bertz CT molecular complexity index is 756. The van der Waals surface area contributed by atoms with Gasteiger partial charge in [0.1, 0.15) is 0 Å². The quantitative estimate of drug-likeness (QED) is 0.547. The van der Waals surface area contributed by atoms with Crippen molar-refractivity contribution in [1.82, 2.24) is 9.97 Å². The highest BCUT2D eigenvalue weighted by molar-refractivity contribution is 7.99. The van der Waals surface area contributed by atoms with Crippen LogP contribution in [0.3, 0.4) is 0 Å². The Labute approximate surface area is 140 Å². The molecule has 0 aliphatic rings. The number of H-pyrrole nitrogens is 1. The molecule has 7 nitrogen and oxygen atoms in total. The van der Waals surface area contributed by atoms with Gasteiger partial charge in [0.25, 0.3) is 11.5 Å². The number of nitrogens with one attached hydrogen (secondary N) is 3. The van der Waals surface area contributed by atoms with Crippen LogP contribution in [0, 0.1) is 0 Å². The van der Waals surface area contributed by atoms with E-state index in [9.17, 15) is 14.4 Å². The summed E-state index contributed by atoms with van der Waals surface area (Å²) in [6, 6.07) is 3.38. The standard InChI is InChI=1S/C14H16N4O3S2/c1-3-6-23-14-17-11(15-8(2)19)10(13(21)18-14)16-12(20)9-5-4-7-22-9/h4-5,7H,3,6H2,1-2H3,(H,16,20)(H2,15,17,18,19,21). The number of thiophene rings is 1. The van der Waals surface area contributed by atoms with Crippen molar-refractivity contribution in [3.05, 3.63) is 32.7 Å². The molecule has 0 spiro atoms. The molecule has 0 saturated carbocycles. The molecule has 9 heteroatoms. The van der Waals surface area contributed by atoms with Gasteiger partial charge in [0.05, 0.1) is 4.88 Å².